The summed E-state index contributed by atoms with van der Waals surface area (Å²) in [5.41, 5.74) is -0.557. The van der Waals surface area contributed by atoms with Crippen molar-refractivity contribution < 1.29 is 9.90 Å². The first-order valence-electron chi connectivity index (χ1n) is 9.22. The van der Waals surface area contributed by atoms with E-state index >= 15 is 0 Å². The van der Waals surface area contributed by atoms with Crippen molar-refractivity contribution in [1.82, 2.24) is 15.3 Å². The Kier molecular flexibility index (Phi) is 5.42. The third-order valence-corrected chi connectivity index (χ3v) is 5.49. The molecule has 0 unspecified atom stereocenters. The van der Waals surface area contributed by atoms with Crippen LogP contribution in [0.25, 0.3) is 0 Å². The van der Waals surface area contributed by atoms with Crippen molar-refractivity contribution in [2.24, 2.45) is 5.92 Å². The molecule has 1 aromatic rings. The fourth-order valence-electron chi connectivity index (χ4n) is 3.63. The summed E-state index contributed by atoms with van der Waals surface area (Å²) in [5.74, 6) is 2.49. The van der Waals surface area contributed by atoms with E-state index in [1.807, 2.05) is 6.92 Å². The van der Waals surface area contributed by atoms with Gasteiger partial charge in [0, 0.05) is 45.7 Å². The average molecular weight is 347 g/mol. The topological polar surface area (TPSA) is 81.6 Å². The summed E-state index contributed by atoms with van der Waals surface area (Å²) in [5, 5.41) is 12.8. The first-order chi connectivity index (χ1) is 12.0. The molecule has 2 saturated heterocycles. The lowest BCUT2D eigenvalue weighted by atomic mass is 9.93. The van der Waals surface area contributed by atoms with E-state index in [1.165, 1.54) is 0 Å². The smallest absolute Gasteiger partial charge is 0.220 e. The second-order valence-corrected chi connectivity index (χ2v) is 7.53. The maximum atomic E-state index is 11.5. The molecule has 7 nitrogen and oxygen atoms in total. The molecule has 7 heteroatoms. The zero-order valence-electron chi connectivity index (χ0n) is 15.2. The molecule has 2 aliphatic heterocycles. The van der Waals surface area contributed by atoms with Gasteiger partial charge in [-0.2, -0.15) is 0 Å². The molecule has 138 valence electrons. The molecule has 0 bridgehead atoms. The molecule has 3 heterocycles. The molecule has 3 rings (SSSR count). The summed E-state index contributed by atoms with van der Waals surface area (Å²) in [7, 11) is 1.69. The average Bonchev–Trinajstić information content (AvgIpc) is 2.62. The van der Waals surface area contributed by atoms with Crippen molar-refractivity contribution in [2.45, 2.75) is 44.6 Å². The molecule has 0 radical (unpaired) electrons. The summed E-state index contributed by atoms with van der Waals surface area (Å²) in [6.07, 6.45) is 5.80. The minimum Gasteiger partial charge on any atom is -0.390 e. The number of carbonyl (C=O) groups excluding carboxylic acids is 1. The van der Waals surface area contributed by atoms with E-state index in [4.69, 9.17) is 0 Å². The van der Waals surface area contributed by atoms with Gasteiger partial charge in [-0.3, -0.25) is 4.79 Å². The number of nitrogens with one attached hydrogen (secondary N) is 1. The second-order valence-electron chi connectivity index (χ2n) is 7.53. The molecule has 0 aliphatic carbocycles. The van der Waals surface area contributed by atoms with E-state index in [2.05, 4.69) is 31.2 Å². The van der Waals surface area contributed by atoms with Gasteiger partial charge in [-0.1, -0.05) is 0 Å². The van der Waals surface area contributed by atoms with Gasteiger partial charge in [0.25, 0.3) is 0 Å². The van der Waals surface area contributed by atoms with E-state index in [0.717, 1.165) is 63.5 Å². The Bertz CT molecular complexity index is 589. The maximum Gasteiger partial charge on any atom is 0.220 e. The molecule has 2 N–H and O–H groups in total. The highest BCUT2D eigenvalue weighted by atomic mass is 16.3. The van der Waals surface area contributed by atoms with Crippen LogP contribution in [0.3, 0.4) is 0 Å². The highest BCUT2D eigenvalue weighted by Crippen LogP contribution is 2.28. The number of amides is 1. The summed E-state index contributed by atoms with van der Waals surface area (Å²) in [6, 6.07) is 2.05. The molecular formula is C18H29N5O2. The van der Waals surface area contributed by atoms with Gasteiger partial charge in [0.2, 0.25) is 5.91 Å². The fourth-order valence-corrected chi connectivity index (χ4v) is 3.63. The van der Waals surface area contributed by atoms with Crippen LogP contribution < -0.4 is 15.1 Å². The molecule has 1 aromatic heterocycles. The van der Waals surface area contributed by atoms with Crippen LogP contribution in [0.4, 0.5) is 11.6 Å². The van der Waals surface area contributed by atoms with Crippen LogP contribution in [0.1, 0.15) is 39.0 Å². The fraction of sp³-hybridized carbons (Fsp3) is 0.722. The van der Waals surface area contributed by atoms with E-state index in [-0.39, 0.29) is 5.91 Å². The first-order valence-corrected chi connectivity index (χ1v) is 9.22. The predicted molar refractivity (Wildman–Crippen MR) is 97.7 cm³/mol. The van der Waals surface area contributed by atoms with Gasteiger partial charge >= 0.3 is 0 Å². The van der Waals surface area contributed by atoms with Crippen molar-refractivity contribution in [3.63, 3.8) is 0 Å². The quantitative estimate of drug-likeness (QED) is 0.851. The van der Waals surface area contributed by atoms with Crippen molar-refractivity contribution in [2.75, 3.05) is 43.0 Å². The van der Waals surface area contributed by atoms with Crippen molar-refractivity contribution in [3.8, 4) is 0 Å². The van der Waals surface area contributed by atoms with Gasteiger partial charge in [0.15, 0.2) is 0 Å². The summed E-state index contributed by atoms with van der Waals surface area (Å²) in [6.45, 7) is 5.38. The van der Waals surface area contributed by atoms with Gasteiger partial charge in [0.05, 0.1) is 5.60 Å². The number of nitrogens with zero attached hydrogens (tertiary/aromatic N) is 4. The number of aliphatic hydroxyl groups is 1. The number of piperidine rings is 2. The van der Waals surface area contributed by atoms with Crippen molar-refractivity contribution in [3.05, 3.63) is 12.4 Å². The van der Waals surface area contributed by atoms with Crippen molar-refractivity contribution in [1.29, 1.82) is 0 Å². The standard InChI is InChI=1S/C18H29N5O2/c1-18(25)5-9-23(10-6-18)16-12-15(20-13-21-16)22-7-3-14(4-8-22)11-17(24)19-2/h12-14,25H,3-11H2,1-2H3,(H,19,24). The Morgan fingerprint density at radius 3 is 2.32 bits per heavy atom. The predicted octanol–water partition coefficient (Wildman–Crippen LogP) is 1.18. The van der Waals surface area contributed by atoms with Gasteiger partial charge < -0.3 is 20.2 Å². The van der Waals surface area contributed by atoms with Crippen LogP contribution in [-0.4, -0.2) is 59.8 Å². The maximum absolute atomic E-state index is 11.5. The molecule has 1 amide bonds. The number of anilines is 2. The molecule has 2 aliphatic rings. The summed E-state index contributed by atoms with van der Waals surface area (Å²) in [4.78, 5) is 24.9. The lowest BCUT2D eigenvalue weighted by molar-refractivity contribution is -0.121. The zero-order valence-corrected chi connectivity index (χ0v) is 15.2. The number of rotatable bonds is 4. The molecule has 25 heavy (non-hydrogen) atoms. The molecule has 0 spiro atoms. The Labute approximate surface area is 149 Å². The lowest BCUT2D eigenvalue weighted by Crippen LogP contribution is -2.43. The highest BCUT2D eigenvalue weighted by molar-refractivity contribution is 5.75. The Morgan fingerprint density at radius 2 is 1.76 bits per heavy atom. The molecule has 0 atom stereocenters. The second kappa shape index (κ2) is 7.56. The van der Waals surface area contributed by atoms with Crippen LogP contribution in [0.15, 0.2) is 12.4 Å². The van der Waals surface area contributed by atoms with Crippen LogP contribution in [-0.2, 0) is 4.79 Å². The third-order valence-electron chi connectivity index (χ3n) is 5.49. The summed E-state index contributed by atoms with van der Waals surface area (Å²) >= 11 is 0. The van der Waals surface area contributed by atoms with E-state index in [0.29, 0.717) is 12.3 Å². The largest absolute Gasteiger partial charge is 0.390 e. The molecule has 0 saturated carbocycles. The zero-order chi connectivity index (χ0) is 17.9. The lowest BCUT2D eigenvalue weighted by Gasteiger charge is -2.37. The van der Waals surface area contributed by atoms with Crippen LogP contribution >= 0.6 is 0 Å². The normalized spacial score (nSPS) is 21.2. The van der Waals surface area contributed by atoms with E-state index in [9.17, 15) is 9.90 Å². The summed E-state index contributed by atoms with van der Waals surface area (Å²) < 4.78 is 0. The monoisotopic (exact) mass is 347 g/mol. The Morgan fingerprint density at radius 1 is 1.20 bits per heavy atom. The number of hydrogen-bond donors (Lipinski definition) is 2. The SMILES string of the molecule is CNC(=O)CC1CCN(c2cc(N3CCC(C)(O)CC3)ncn2)CC1. The Hall–Kier alpha value is -1.89. The minimum absolute atomic E-state index is 0.128. The molecular weight excluding hydrogens is 318 g/mol. The van der Waals surface area contributed by atoms with E-state index < -0.39 is 5.60 Å². The highest BCUT2D eigenvalue weighted by Gasteiger charge is 2.28. The number of aromatic nitrogens is 2. The molecule has 2 fully saturated rings. The van der Waals surface area contributed by atoms with Gasteiger partial charge in [-0.15, -0.1) is 0 Å². The third kappa shape index (κ3) is 4.60. The van der Waals surface area contributed by atoms with Gasteiger partial charge in [-0.05, 0) is 38.5 Å². The number of hydrogen-bond acceptors (Lipinski definition) is 6. The minimum atomic E-state index is -0.557. The van der Waals surface area contributed by atoms with Gasteiger partial charge in [-0.25, -0.2) is 9.97 Å². The van der Waals surface area contributed by atoms with Crippen molar-refractivity contribution >= 4 is 17.5 Å². The number of carbonyl (C=O) groups is 1. The van der Waals surface area contributed by atoms with E-state index in [1.54, 1.807) is 13.4 Å². The first kappa shape index (κ1) is 17.9. The molecule has 0 aromatic carbocycles. The van der Waals surface area contributed by atoms with Crippen LogP contribution in [0.2, 0.25) is 0 Å². The Balaban J connectivity index is 1.58. The van der Waals surface area contributed by atoms with Gasteiger partial charge in [0.1, 0.15) is 18.0 Å². The van der Waals surface area contributed by atoms with Crippen LogP contribution in [0.5, 0.6) is 0 Å². The van der Waals surface area contributed by atoms with Crippen LogP contribution in [0, 0.1) is 5.92 Å².